The van der Waals surface area contributed by atoms with Crippen LogP contribution in [0.2, 0.25) is 18.1 Å². The zero-order valence-electron chi connectivity index (χ0n) is 21.6. The van der Waals surface area contributed by atoms with Crippen LogP contribution in [0.15, 0.2) is 30.3 Å². The highest BCUT2D eigenvalue weighted by molar-refractivity contribution is 6.74. The summed E-state index contributed by atoms with van der Waals surface area (Å²) in [5.41, 5.74) is 1.05. The fourth-order valence-corrected chi connectivity index (χ4v) is 5.82. The summed E-state index contributed by atoms with van der Waals surface area (Å²) < 4.78 is 24.0. The predicted molar refractivity (Wildman–Crippen MR) is 131 cm³/mol. The molecule has 3 aliphatic heterocycles. The first-order valence-corrected chi connectivity index (χ1v) is 15.3. The van der Waals surface area contributed by atoms with Crippen LogP contribution in [0.25, 0.3) is 0 Å². The van der Waals surface area contributed by atoms with Crippen LogP contribution in [0.1, 0.15) is 33.3 Å². The molecule has 1 aromatic rings. The zero-order chi connectivity index (χ0) is 25.4. The van der Waals surface area contributed by atoms with Crippen LogP contribution in [0.4, 0.5) is 4.79 Å². The quantitative estimate of drug-likeness (QED) is 0.542. The van der Waals surface area contributed by atoms with E-state index >= 15 is 0 Å². The van der Waals surface area contributed by atoms with Crippen molar-refractivity contribution < 1.29 is 33.1 Å². The number of hydroxylamine groups is 2. The molecular weight excluding hydrogens is 468 g/mol. The van der Waals surface area contributed by atoms with Gasteiger partial charge in [-0.2, -0.15) is 5.06 Å². The van der Waals surface area contributed by atoms with E-state index in [0.29, 0.717) is 13.2 Å². The van der Waals surface area contributed by atoms with Crippen LogP contribution in [0.5, 0.6) is 0 Å². The van der Waals surface area contributed by atoms with E-state index in [2.05, 4.69) is 33.9 Å². The molecule has 0 aromatic heterocycles. The minimum absolute atomic E-state index is 0.00888. The van der Waals surface area contributed by atoms with Gasteiger partial charge in [0.05, 0.1) is 37.8 Å². The Hall–Kier alpha value is -1.82. The van der Waals surface area contributed by atoms with E-state index in [4.69, 9.17) is 23.5 Å². The Labute approximate surface area is 208 Å². The number of carbonyl (C=O) groups excluding carboxylic acids is 2. The average molecular weight is 507 g/mol. The van der Waals surface area contributed by atoms with Crippen LogP contribution in [-0.2, 0) is 34.8 Å². The number of cyclic esters (lactones) is 1. The van der Waals surface area contributed by atoms with Gasteiger partial charge in [0.2, 0.25) is 5.91 Å². The standard InChI is InChI=1S/C25H38N2O7Si/c1-17-31-16-20(34-35(5,6)25(2,3)4)22(33-17)21-19(23(28)26-12-13-30-24(26)29)15-32-27(21)14-18-10-8-7-9-11-18/h7-11,17,19-22H,12-16H2,1-6H3/t17-,19+,20-,21+,22-/m1/s1. The van der Waals surface area contributed by atoms with Gasteiger partial charge in [-0.3, -0.25) is 9.63 Å². The molecule has 3 heterocycles. The highest BCUT2D eigenvalue weighted by Crippen LogP contribution is 2.40. The van der Waals surface area contributed by atoms with Crippen molar-refractivity contribution in [2.45, 2.75) is 76.9 Å². The third kappa shape index (κ3) is 5.62. The van der Waals surface area contributed by atoms with E-state index in [1.54, 1.807) is 0 Å². The Morgan fingerprint density at radius 2 is 1.89 bits per heavy atom. The molecule has 0 unspecified atom stereocenters. The van der Waals surface area contributed by atoms with Crippen molar-refractivity contribution in [1.82, 2.24) is 9.96 Å². The number of hydrogen-bond acceptors (Lipinski definition) is 8. The number of imide groups is 1. The molecule has 0 bridgehead atoms. The molecule has 194 valence electrons. The van der Waals surface area contributed by atoms with Gasteiger partial charge in [0.1, 0.15) is 12.7 Å². The number of ether oxygens (including phenoxy) is 3. The summed E-state index contributed by atoms with van der Waals surface area (Å²) in [6, 6.07) is 9.48. The molecule has 0 N–H and O–H groups in total. The lowest BCUT2D eigenvalue weighted by Crippen LogP contribution is -2.60. The molecule has 5 atom stereocenters. The highest BCUT2D eigenvalue weighted by Gasteiger charge is 2.53. The third-order valence-corrected chi connectivity index (χ3v) is 12.0. The Morgan fingerprint density at radius 3 is 2.51 bits per heavy atom. The van der Waals surface area contributed by atoms with Gasteiger partial charge in [-0.25, -0.2) is 9.69 Å². The second-order valence-corrected chi connectivity index (χ2v) is 15.7. The fraction of sp³-hybridized carbons (Fsp3) is 0.680. The molecule has 4 rings (SSSR count). The maximum Gasteiger partial charge on any atom is 0.416 e. The van der Waals surface area contributed by atoms with Crippen molar-refractivity contribution >= 4 is 20.3 Å². The zero-order valence-corrected chi connectivity index (χ0v) is 22.6. The SMILES string of the molecule is C[C@@H]1OC[C@@H](O[Si](C)(C)C(C)(C)C)[C@H]([C@@H]2[C@@H](C(=O)N3CCOC3=O)CON2Cc2ccccc2)O1. The van der Waals surface area contributed by atoms with E-state index in [0.717, 1.165) is 5.56 Å². The molecule has 3 aliphatic rings. The van der Waals surface area contributed by atoms with Crippen molar-refractivity contribution in [2.75, 3.05) is 26.4 Å². The van der Waals surface area contributed by atoms with Crippen molar-refractivity contribution in [3.05, 3.63) is 35.9 Å². The van der Waals surface area contributed by atoms with Gasteiger partial charge in [0, 0.05) is 6.54 Å². The molecule has 0 radical (unpaired) electrons. The molecule has 9 nitrogen and oxygen atoms in total. The predicted octanol–water partition coefficient (Wildman–Crippen LogP) is 3.55. The molecular formula is C25H38N2O7Si. The monoisotopic (exact) mass is 506 g/mol. The van der Waals surface area contributed by atoms with Gasteiger partial charge in [0.25, 0.3) is 0 Å². The molecule has 1 aromatic carbocycles. The summed E-state index contributed by atoms with van der Waals surface area (Å²) >= 11 is 0. The smallest absolute Gasteiger partial charge is 0.416 e. The summed E-state index contributed by atoms with van der Waals surface area (Å²) in [5.74, 6) is -0.910. The molecule has 3 fully saturated rings. The first kappa shape index (κ1) is 26.2. The summed E-state index contributed by atoms with van der Waals surface area (Å²) in [6.45, 7) is 14.2. The lowest BCUT2D eigenvalue weighted by atomic mass is 9.91. The van der Waals surface area contributed by atoms with E-state index in [1.165, 1.54) is 4.90 Å². The first-order chi connectivity index (χ1) is 16.5. The second kappa shape index (κ2) is 10.3. The van der Waals surface area contributed by atoms with E-state index in [1.807, 2.05) is 42.3 Å². The molecule has 0 saturated carbocycles. The Morgan fingerprint density at radius 1 is 1.17 bits per heavy atom. The summed E-state index contributed by atoms with van der Waals surface area (Å²) in [5, 5.41) is 1.81. The number of benzene rings is 1. The molecule has 0 aliphatic carbocycles. The summed E-state index contributed by atoms with van der Waals surface area (Å²) in [7, 11) is -2.18. The van der Waals surface area contributed by atoms with Gasteiger partial charge in [-0.15, -0.1) is 0 Å². The summed E-state index contributed by atoms with van der Waals surface area (Å²) in [6.07, 6.45) is -1.92. The van der Waals surface area contributed by atoms with Crippen LogP contribution in [0, 0.1) is 5.92 Å². The Balaban J connectivity index is 1.66. The van der Waals surface area contributed by atoms with Crippen LogP contribution >= 0.6 is 0 Å². The normalized spacial score (nSPS) is 30.5. The van der Waals surface area contributed by atoms with E-state index < -0.39 is 38.8 Å². The lowest BCUT2D eigenvalue weighted by Gasteiger charge is -2.46. The molecule has 10 heteroatoms. The largest absolute Gasteiger partial charge is 0.447 e. The number of hydrogen-bond donors (Lipinski definition) is 0. The maximum absolute atomic E-state index is 13.5. The number of amides is 2. The van der Waals surface area contributed by atoms with Gasteiger partial charge in [-0.1, -0.05) is 51.1 Å². The minimum atomic E-state index is -2.18. The highest BCUT2D eigenvalue weighted by atomic mass is 28.4. The average Bonchev–Trinajstić information content (AvgIpc) is 3.40. The van der Waals surface area contributed by atoms with Crippen molar-refractivity contribution in [1.29, 1.82) is 0 Å². The van der Waals surface area contributed by atoms with Crippen molar-refractivity contribution in [3.63, 3.8) is 0 Å². The molecule has 0 spiro atoms. The third-order valence-electron chi connectivity index (χ3n) is 7.49. The maximum atomic E-state index is 13.5. The van der Waals surface area contributed by atoms with Crippen molar-refractivity contribution in [3.8, 4) is 0 Å². The van der Waals surface area contributed by atoms with Crippen LogP contribution < -0.4 is 0 Å². The second-order valence-electron chi connectivity index (χ2n) is 11.0. The number of nitrogens with zero attached hydrogens (tertiary/aromatic N) is 2. The van der Waals surface area contributed by atoms with Crippen molar-refractivity contribution in [2.24, 2.45) is 5.92 Å². The lowest BCUT2D eigenvalue weighted by molar-refractivity contribution is -0.270. The van der Waals surface area contributed by atoms with E-state index in [9.17, 15) is 9.59 Å². The Bertz CT molecular complexity index is 907. The van der Waals surface area contributed by atoms with Gasteiger partial charge in [-0.05, 0) is 30.6 Å². The number of carbonyl (C=O) groups is 2. The van der Waals surface area contributed by atoms with E-state index in [-0.39, 0.29) is 36.8 Å². The molecule has 2 amide bonds. The molecule has 35 heavy (non-hydrogen) atoms. The summed E-state index contributed by atoms with van der Waals surface area (Å²) in [4.78, 5) is 33.0. The fourth-order valence-electron chi connectivity index (χ4n) is 4.51. The van der Waals surface area contributed by atoms with Gasteiger partial charge in [0.15, 0.2) is 14.6 Å². The number of rotatable bonds is 6. The Kier molecular flexibility index (Phi) is 7.70. The minimum Gasteiger partial charge on any atom is -0.447 e. The molecule has 3 saturated heterocycles. The van der Waals surface area contributed by atoms with Crippen LogP contribution in [0.3, 0.4) is 0 Å². The topological polar surface area (TPSA) is 86.8 Å². The van der Waals surface area contributed by atoms with Crippen LogP contribution in [-0.4, -0.2) is 81.2 Å². The first-order valence-electron chi connectivity index (χ1n) is 12.3. The van der Waals surface area contributed by atoms with Gasteiger partial charge < -0.3 is 18.6 Å². The van der Waals surface area contributed by atoms with Gasteiger partial charge >= 0.3 is 6.09 Å².